The lowest BCUT2D eigenvalue weighted by atomic mass is 10.2. The number of hydrogen-bond donors (Lipinski definition) is 1. The van der Waals surface area contributed by atoms with Gasteiger partial charge in [-0.25, -0.2) is 17.1 Å². The van der Waals surface area contributed by atoms with E-state index in [9.17, 15) is 17.6 Å². The predicted molar refractivity (Wildman–Crippen MR) is 120 cm³/mol. The number of anilines is 2. The molecule has 2 aromatic carbocycles. The van der Waals surface area contributed by atoms with Gasteiger partial charge in [0.05, 0.1) is 4.90 Å². The molecule has 1 N–H and O–H groups in total. The van der Waals surface area contributed by atoms with Crippen LogP contribution >= 0.6 is 0 Å². The summed E-state index contributed by atoms with van der Waals surface area (Å²) in [6, 6.07) is 12.7. The number of benzene rings is 2. The van der Waals surface area contributed by atoms with E-state index in [-0.39, 0.29) is 16.6 Å². The van der Waals surface area contributed by atoms with E-state index in [1.165, 1.54) is 38.4 Å². The first kappa shape index (κ1) is 23.2. The van der Waals surface area contributed by atoms with Gasteiger partial charge in [0.2, 0.25) is 15.9 Å². The minimum atomic E-state index is -3.49. The van der Waals surface area contributed by atoms with Crippen molar-refractivity contribution in [2.24, 2.45) is 0 Å². The molecule has 1 heterocycles. The van der Waals surface area contributed by atoms with Crippen LogP contribution in [0.15, 0.2) is 53.4 Å². The molecule has 1 aliphatic heterocycles. The van der Waals surface area contributed by atoms with Crippen LogP contribution in [0, 0.1) is 5.82 Å². The maximum absolute atomic E-state index is 13.1. The van der Waals surface area contributed by atoms with Crippen molar-refractivity contribution in [1.29, 1.82) is 0 Å². The zero-order valence-electron chi connectivity index (χ0n) is 17.9. The van der Waals surface area contributed by atoms with Gasteiger partial charge in [0.25, 0.3) is 0 Å². The summed E-state index contributed by atoms with van der Waals surface area (Å²) < 4.78 is 38.5. The quantitative estimate of drug-likeness (QED) is 0.705. The third-order valence-electron chi connectivity index (χ3n) is 5.35. The van der Waals surface area contributed by atoms with Crippen LogP contribution in [0.3, 0.4) is 0 Å². The van der Waals surface area contributed by atoms with Crippen molar-refractivity contribution in [3.63, 3.8) is 0 Å². The van der Waals surface area contributed by atoms with E-state index in [1.807, 2.05) is 0 Å². The molecular weight excluding hydrogens is 419 g/mol. The number of nitrogens with one attached hydrogen (secondary N) is 1. The Labute approximate surface area is 183 Å². The van der Waals surface area contributed by atoms with E-state index in [1.54, 1.807) is 24.3 Å². The van der Waals surface area contributed by atoms with Gasteiger partial charge in [-0.1, -0.05) is 0 Å². The highest BCUT2D eigenvalue weighted by molar-refractivity contribution is 7.89. The Balaban J connectivity index is 1.47. The molecule has 0 spiro atoms. The molecule has 0 aromatic heterocycles. The number of rotatable bonds is 7. The van der Waals surface area contributed by atoms with Crippen LogP contribution in [-0.4, -0.2) is 70.3 Å². The molecule has 168 valence electrons. The van der Waals surface area contributed by atoms with Crippen molar-refractivity contribution in [3.8, 4) is 0 Å². The number of amides is 1. The Morgan fingerprint density at radius 1 is 1.00 bits per heavy atom. The average Bonchev–Trinajstić information content (AvgIpc) is 2.99. The second-order valence-electron chi connectivity index (χ2n) is 7.77. The second-order valence-corrected chi connectivity index (χ2v) is 9.92. The van der Waals surface area contributed by atoms with Crippen molar-refractivity contribution >= 4 is 27.3 Å². The summed E-state index contributed by atoms with van der Waals surface area (Å²) in [5.41, 5.74) is 1.58. The maximum atomic E-state index is 13.1. The fraction of sp³-hybridized carbons (Fsp3) is 0.409. The Morgan fingerprint density at radius 3 is 2.32 bits per heavy atom. The van der Waals surface area contributed by atoms with E-state index < -0.39 is 10.0 Å². The Kier molecular flexibility index (Phi) is 7.64. The number of carbonyl (C=O) groups excluding carboxylic acids is 1. The summed E-state index contributed by atoms with van der Waals surface area (Å²) in [5, 5.41) is 2.82. The minimum absolute atomic E-state index is 0.108. The second kappa shape index (κ2) is 10.2. The summed E-state index contributed by atoms with van der Waals surface area (Å²) in [6.07, 6.45) is 1.33. The van der Waals surface area contributed by atoms with Gasteiger partial charge >= 0.3 is 0 Å². The molecule has 31 heavy (non-hydrogen) atoms. The van der Waals surface area contributed by atoms with E-state index in [2.05, 4.69) is 15.1 Å². The number of hydrogen-bond acceptors (Lipinski definition) is 5. The molecule has 3 rings (SSSR count). The smallest absolute Gasteiger partial charge is 0.242 e. The maximum Gasteiger partial charge on any atom is 0.242 e. The van der Waals surface area contributed by atoms with Gasteiger partial charge < -0.3 is 15.1 Å². The number of carbonyl (C=O) groups is 1. The molecule has 1 aliphatic rings. The van der Waals surface area contributed by atoms with Crippen molar-refractivity contribution in [2.75, 3.05) is 57.0 Å². The van der Waals surface area contributed by atoms with E-state index in [0.29, 0.717) is 18.7 Å². The van der Waals surface area contributed by atoms with Crippen LogP contribution in [0.1, 0.15) is 12.8 Å². The first-order valence-corrected chi connectivity index (χ1v) is 11.7. The molecule has 0 unspecified atom stereocenters. The summed E-state index contributed by atoms with van der Waals surface area (Å²) in [5.74, 6) is -0.344. The normalized spacial score (nSPS) is 15.7. The van der Waals surface area contributed by atoms with Crippen molar-refractivity contribution in [2.45, 2.75) is 17.7 Å². The number of halogens is 1. The zero-order chi connectivity index (χ0) is 22.4. The van der Waals surface area contributed by atoms with E-state index in [0.717, 1.165) is 42.6 Å². The molecular formula is C22H29FN4O3S. The van der Waals surface area contributed by atoms with Crippen molar-refractivity contribution < 1.29 is 17.6 Å². The highest BCUT2D eigenvalue weighted by Crippen LogP contribution is 2.18. The monoisotopic (exact) mass is 448 g/mol. The van der Waals surface area contributed by atoms with Crippen molar-refractivity contribution in [3.05, 3.63) is 54.3 Å². The third-order valence-corrected chi connectivity index (χ3v) is 7.18. The lowest BCUT2D eigenvalue weighted by Crippen LogP contribution is -2.32. The molecule has 0 atom stereocenters. The molecule has 1 fully saturated rings. The Morgan fingerprint density at radius 2 is 1.68 bits per heavy atom. The minimum Gasteiger partial charge on any atom is -0.370 e. The molecule has 9 heteroatoms. The molecule has 0 radical (unpaired) electrons. The Bertz CT molecular complexity index is 979. The fourth-order valence-electron chi connectivity index (χ4n) is 3.51. The average molecular weight is 449 g/mol. The molecule has 7 nitrogen and oxygen atoms in total. The van der Waals surface area contributed by atoms with Gasteiger partial charge in [0.1, 0.15) is 5.82 Å². The molecule has 2 aromatic rings. The van der Waals surface area contributed by atoms with Crippen molar-refractivity contribution in [1.82, 2.24) is 9.21 Å². The van der Waals surface area contributed by atoms with Gasteiger partial charge in [0, 0.05) is 58.1 Å². The first-order chi connectivity index (χ1) is 14.8. The molecule has 0 bridgehead atoms. The predicted octanol–water partition coefficient (Wildman–Crippen LogP) is 2.62. The van der Waals surface area contributed by atoms with Crippen LogP contribution in [0.2, 0.25) is 0 Å². The zero-order valence-corrected chi connectivity index (χ0v) is 18.7. The lowest BCUT2D eigenvalue weighted by Gasteiger charge is -2.23. The first-order valence-electron chi connectivity index (χ1n) is 10.3. The SMILES string of the molecule is CN(C)S(=O)(=O)c1ccc(NC(=O)CCN2CCCN(c3ccc(F)cc3)CC2)cc1. The van der Waals surface area contributed by atoms with Crippen LogP contribution in [0.25, 0.3) is 0 Å². The van der Waals surface area contributed by atoms with Crippen LogP contribution in [0.4, 0.5) is 15.8 Å². The Hall–Kier alpha value is -2.49. The van der Waals surface area contributed by atoms with Gasteiger partial charge in [-0.3, -0.25) is 4.79 Å². The summed E-state index contributed by atoms with van der Waals surface area (Å²) in [6.45, 7) is 4.12. The highest BCUT2D eigenvalue weighted by Gasteiger charge is 2.18. The molecule has 0 aliphatic carbocycles. The fourth-order valence-corrected chi connectivity index (χ4v) is 4.41. The van der Waals surface area contributed by atoms with Gasteiger partial charge in [-0.15, -0.1) is 0 Å². The van der Waals surface area contributed by atoms with Gasteiger partial charge in [-0.05, 0) is 61.5 Å². The van der Waals surface area contributed by atoms with Crippen LogP contribution < -0.4 is 10.2 Å². The summed E-state index contributed by atoms with van der Waals surface area (Å²) >= 11 is 0. The standard InChI is InChI=1S/C22H29FN4O3S/c1-25(2)31(29,30)21-10-6-19(7-11-21)24-22(28)12-15-26-13-3-14-27(17-16-26)20-8-4-18(23)5-9-20/h4-11H,3,12-17H2,1-2H3,(H,24,28). The molecule has 0 saturated carbocycles. The highest BCUT2D eigenvalue weighted by atomic mass is 32.2. The summed E-state index contributed by atoms with van der Waals surface area (Å²) in [7, 11) is -0.528. The molecule has 1 saturated heterocycles. The largest absolute Gasteiger partial charge is 0.370 e. The molecule has 1 amide bonds. The topological polar surface area (TPSA) is 73.0 Å². The number of sulfonamides is 1. The summed E-state index contributed by atoms with van der Waals surface area (Å²) in [4.78, 5) is 17.0. The lowest BCUT2D eigenvalue weighted by molar-refractivity contribution is -0.116. The van der Waals surface area contributed by atoms with Crippen LogP contribution in [-0.2, 0) is 14.8 Å². The van der Waals surface area contributed by atoms with Crippen LogP contribution in [0.5, 0.6) is 0 Å². The van der Waals surface area contributed by atoms with E-state index >= 15 is 0 Å². The van der Waals surface area contributed by atoms with E-state index in [4.69, 9.17) is 0 Å². The van der Waals surface area contributed by atoms with Gasteiger partial charge in [0.15, 0.2) is 0 Å². The van der Waals surface area contributed by atoms with Gasteiger partial charge in [-0.2, -0.15) is 0 Å². The third kappa shape index (κ3) is 6.25. The number of nitrogens with zero attached hydrogens (tertiary/aromatic N) is 3.